The molecule has 1 unspecified atom stereocenters. The molecule has 1 fully saturated rings. The highest BCUT2D eigenvalue weighted by Gasteiger charge is 2.37. The maximum Gasteiger partial charge on any atom is 0.323 e. The van der Waals surface area contributed by atoms with E-state index < -0.39 is 17.9 Å². The van der Waals surface area contributed by atoms with E-state index in [9.17, 15) is 14.7 Å². The van der Waals surface area contributed by atoms with E-state index in [0.29, 0.717) is 26.0 Å². The van der Waals surface area contributed by atoms with Crippen LogP contribution in [0.4, 0.5) is 0 Å². The molecule has 1 aliphatic rings. The fourth-order valence-electron chi connectivity index (χ4n) is 7.74. The number of aliphatic hydroxyl groups is 1. The number of rotatable bonds is 39. The van der Waals surface area contributed by atoms with Crippen molar-refractivity contribution in [1.82, 2.24) is 5.32 Å². The van der Waals surface area contributed by atoms with E-state index in [2.05, 4.69) is 33.0 Å². The van der Waals surface area contributed by atoms with Gasteiger partial charge in [-0.15, -0.1) is 0 Å². The Balaban J connectivity index is 2.91. The summed E-state index contributed by atoms with van der Waals surface area (Å²) < 4.78 is 19.3. The number of β-amino-alcohol motifs (C(OH)–C–C–N with tert-alkyl or cyclic N) is 1. The molecule has 314 valence electrons. The van der Waals surface area contributed by atoms with Crippen molar-refractivity contribution < 1.29 is 28.9 Å². The summed E-state index contributed by atoms with van der Waals surface area (Å²) in [6.45, 7) is 9.91. The lowest BCUT2D eigenvalue weighted by Crippen LogP contribution is -2.42. The highest BCUT2D eigenvalue weighted by Crippen LogP contribution is 2.34. The minimum Gasteiger partial charge on any atom is -0.465 e. The van der Waals surface area contributed by atoms with Crippen LogP contribution in [0.3, 0.4) is 0 Å². The molecule has 2 atom stereocenters. The Labute approximate surface area is 328 Å². The van der Waals surface area contributed by atoms with Gasteiger partial charge in [-0.05, 0) is 38.5 Å². The molecule has 0 bridgehead atoms. The Morgan fingerprint density at radius 1 is 0.604 bits per heavy atom. The van der Waals surface area contributed by atoms with Crippen molar-refractivity contribution in [3.05, 3.63) is 0 Å². The number of unbranched alkanes of at least 4 members (excludes halogenated alkanes) is 23. The molecule has 0 aromatic heterocycles. The van der Waals surface area contributed by atoms with Gasteiger partial charge in [-0.1, -0.05) is 182 Å². The second-order valence-corrected chi connectivity index (χ2v) is 16.5. The Kier molecular flexibility index (Phi) is 33.1. The van der Waals surface area contributed by atoms with Crippen LogP contribution >= 0.6 is 0 Å². The van der Waals surface area contributed by atoms with E-state index in [0.717, 1.165) is 64.2 Å². The van der Waals surface area contributed by atoms with Gasteiger partial charge in [0.1, 0.15) is 6.04 Å². The Morgan fingerprint density at radius 2 is 1.04 bits per heavy atom. The Bertz CT molecular complexity index is 805. The zero-order valence-corrected chi connectivity index (χ0v) is 35.7. The van der Waals surface area contributed by atoms with Gasteiger partial charge >= 0.3 is 11.9 Å². The van der Waals surface area contributed by atoms with E-state index in [1.54, 1.807) is 0 Å². The molecule has 0 spiro atoms. The number of ether oxygens (including phenoxy) is 3. The van der Waals surface area contributed by atoms with Crippen LogP contribution in [0, 0.1) is 0 Å². The van der Waals surface area contributed by atoms with Crippen molar-refractivity contribution in [1.29, 1.82) is 0 Å². The van der Waals surface area contributed by atoms with Gasteiger partial charge in [-0.25, -0.2) is 0 Å². The third-order valence-corrected chi connectivity index (χ3v) is 11.2. The van der Waals surface area contributed by atoms with Gasteiger partial charge in [0, 0.05) is 32.2 Å². The summed E-state index contributed by atoms with van der Waals surface area (Å²) in [5.41, 5.74) is 0. The molecule has 7 heteroatoms. The summed E-state index contributed by atoms with van der Waals surface area (Å²) in [7, 11) is 0. The first-order valence-electron chi connectivity index (χ1n) is 23.4. The molecule has 1 aliphatic heterocycles. The highest BCUT2D eigenvalue weighted by molar-refractivity contribution is 5.76. The average Bonchev–Trinajstić information content (AvgIpc) is 3.59. The molecule has 0 radical (unpaired) electrons. The fraction of sp³-hybridized carbons (Fsp3) is 0.957. The van der Waals surface area contributed by atoms with Crippen LogP contribution in [0.1, 0.15) is 246 Å². The van der Waals surface area contributed by atoms with Gasteiger partial charge in [-0.2, -0.15) is 0 Å². The minimum absolute atomic E-state index is 0.114. The molecular formula is C46H89NO6. The van der Waals surface area contributed by atoms with E-state index >= 15 is 0 Å². The second kappa shape index (κ2) is 35.2. The van der Waals surface area contributed by atoms with E-state index in [1.807, 2.05) is 0 Å². The minimum atomic E-state index is -0.822. The predicted octanol–water partition coefficient (Wildman–Crippen LogP) is 12.8. The molecule has 0 aromatic rings. The van der Waals surface area contributed by atoms with Crippen LogP contribution in [0.25, 0.3) is 0 Å². The lowest BCUT2D eigenvalue weighted by molar-refractivity contribution is -0.259. The zero-order valence-electron chi connectivity index (χ0n) is 35.7. The number of hydrogen-bond acceptors (Lipinski definition) is 7. The summed E-state index contributed by atoms with van der Waals surface area (Å²) in [4.78, 5) is 25.9. The molecule has 53 heavy (non-hydrogen) atoms. The fourth-order valence-corrected chi connectivity index (χ4v) is 7.74. The lowest BCUT2D eigenvalue weighted by atomic mass is 9.97. The molecule has 1 heterocycles. The van der Waals surface area contributed by atoms with Crippen molar-refractivity contribution in [2.45, 2.75) is 270 Å². The SMILES string of the molecule is CCCCCCCCC(CCCCCCCC)OC(CCCCCCCC)(CCCCCCCC)OC(=O)CCCCCCOC(=O)[C@@H]1CC(O)CN1. The molecule has 7 nitrogen and oxygen atoms in total. The monoisotopic (exact) mass is 752 g/mol. The zero-order chi connectivity index (χ0) is 38.7. The van der Waals surface area contributed by atoms with Gasteiger partial charge in [0.2, 0.25) is 5.79 Å². The summed E-state index contributed by atoms with van der Waals surface area (Å²) in [5.74, 6) is -1.21. The normalized spacial score (nSPS) is 16.1. The van der Waals surface area contributed by atoms with Gasteiger partial charge < -0.3 is 24.6 Å². The van der Waals surface area contributed by atoms with Crippen LogP contribution < -0.4 is 5.32 Å². The number of esters is 2. The summed E-state index contributed by atoms with van der Waals surface area (Å²) >= 11 is 0. The molecule has 1 saturated heterocycles. The van der Waals surface area contributed by atoms with Gasteiger partial charge in [-0.3, -0.25) is 9.59 Å². The molecule has 0 saturated carbocycles. The van der Waals surface area contributed by atoms with Crippen LogP contribution in [0.15, 0.2) is 0 Å². The first kappa shape index (κ1) is 49.8. The Hall–Kier alpha value is -1.18. The van der Waals surface area contributed by atoms with E-state index in [-0.39, 0.29) is 18.0 Å². The summed E-state index contributed by atoms with van der Waals surface area (Å²) in [6, 6.07) is -0.397. The van der Waals surface area contributed by atoms with Crippen molar-refractivity contribution in [3.63, 3.8) is 0 Å². The van der Waals surface area contributed by atoms with Crippen molar-refractivity contribution in [2.24, 2.45) is 0 Å². The smallest absolute Gasteiger partial charge is 0.323 e. The van der Waals surface area contributed by atoms with Crippen molar-refractivity contribution in [2.75, 3.05) is 13.2 Å². The topological polar surface area (TPSA) is 94.1 Å². The van der Waals surface area contributed by atoms with E-state index in [4.69, 9.17) is 14.2 Å². The molecule has 0 aliphatic carbocycles. The number of nitrogens with one attached hydrogen (secondary N) is 1. The molecule has 2 N–H and O–H groups in total. The maximum atomic E-state index is 13.7. The molecule has 1 rings (SSSR count). The predicted molar refractivity (Wildman–Crippen MR) is 222 cm³/mol. The van der Waals surface area contributed by atoms with Crippen LogP contribution in [-0.2, 0) is 23.8 Å². The summed E-state index contributed by atoms with van der Waals surface area (Å²) in [6.07, 6.45) is 37.5. The van der Waals surface area contributed by atoms with Crippen LogP contribution in [0.5, 0.6) is 0 Å². The summed E-state index contributed by atoms with van der Waals surface area (Å²) in [5, 5.41) is 12.7. The molecule has 0 amide bonds. The van der Waals surface area contributed by atoms with Gasteiger partial charge in [0.05, 0.1) is 18.8 Å². The number of aliphatic hydroxyl groups excluding tert-OH is 1. The largest absolute Gasteiger partial charge is 0.465 e. The quantitative estimate of drug-likeness (QED) is 0.0367. The first-order chi connectivity index (χ1) is 25.9. The first-order valence-corrected chi connectivity index (χ1v) is 23.4. The third kappa shape index (κ3) is 28.0. The second-order valence-electron chi connectivity index (χ2n) is 16.5. The van der Waals surface area contributed by atoms with Gasteiger partial charge in [0.25, 0.3) is 0 Å². The standard InChI is InChI=1S/C46H89NO6/c1-5-9-13-17-21-27-33-42(34-28-22-18-14-10-6-2)52-46(36-30-24-19-15-11-7-3,37-31-25-20-16-12-8-4)53-44(49)35-29-23-26-32-38-51-45(50)43-39-41(48)40-47-43/h41-43,47-48H,5-40H2,1-4H3/t41?,43-/m0/s1. The maximum absolute atomic E-state index is 13.7. The number of carbonyl (C=O) groups is 2. The molecule has 0 aromatic carbocycles. The average molecular weight is 752 g/mol. The van der Waals surface area contributed by atoms with E-state index in [1.165, 1.54) is 141 Å². The van der Waals surface area contributed by atoms with Gasteiger partial charge in [0.15, 0.2) is 0 Å². The van der Waals surface area contributed by atoms with Crippen LogP contribution in [0.2, 0.25) is 0 Å². The van der Waals surface area contributed by atoms with Crippen molar-refractivity contribution >= 4 is 11.9 Å². The van der Waals surface area contributed by atoms with Crippen molar-refractivity contribution in [3.8, 4) is 0 Å². The lowest BCUT2D eigenvalue weighted by Gasteiger charge is -2.37. The molecular weight excluding hydrogens is 663 g/mol. The number of carbonyl (C=O) groups excluding carboxylic acids is 2. The van der Waals surface area contributed by atoms with Crippen LogP contribution in [-0.4, -0.2) is 54.2 Å². The highest BCUT2D eigenvalue weighted by atomic mass is 16.7. The third-order valence-electron chi connectivity index (χ3n) is 11.2. The Morgan fingerprint density at radius 3 is 1.51 bits per heavy atom. The number of hydrogen-bond donors (Lipinski definition) is 2.